The van der Waals surface area contributed by atoms with Crippen molar-refractivity contribution in [2.45, 2.75) is 12.5 Å². The fraction of sp³-hybridized carbons (Fsp3) is 0.400. The van der Waals surface area contributed by atoms with Crippen molar-refractivity contribution in [3.8, 4) is 0 Å². The Balaban J connectivity index is 1.29. The van der Waals surface area contributed by atoms with Crippen molar-refractivity contribution >= 4 is 12.0 Å². The molecule has 0 bridgehead atoms. The van der Waals surface area contributed by atoms with Gasteiger partial charge in [0.25, 0.3) is 0 Å². The van der Waals surface area contributed by atoms with Crippen LogP contribution in [-0.4, -0.2) is 64.9 Å². The fourth-order valence-electron chi connectivity index (χ4n) is 3.66. The lowest BCUT2D eigenvalue weighted by molar-refractivity contribution is -0.135. The Morgan fingerprint density at radius 1 is 1.19 bits per heavy atom. The number of nitrogens with zero attached hydrogens (tertiary/aromatic N) is 3. The number of rotatable bonds is 4. The van der Waals surface area contributed by atoms with E-state index in [-0.39, 0.29) is 11.9 Å². The number of piperazine rings is 1. The summed E-state index contributed by atoms with van der Waals surface area (Å²) in [6, 6.07) is 10.0. The molecule has 1 atom stereocenters. The quantitative estimate of drug-likeness (QED) is 0.875. The zero-order valence-corrected chi connectivity index (χ0v) is 14.9. The number of hydrogen-bond donors (Lipinski definition) is 2. The molecule has 136 valence electrons. The van der Waals surface area contributed by atoms with Gasteiger partial charge in [0.2, 0.25) is 5.91 Å². The molecule has 2 N–H and O–H groups in total. The van der Waals surface area contributed by atoms with Crippen LogP contribution in [0.15, 0.2) is 42.7 Å². The summed E-state index contributed by atoms with van der Waals surface area (Å²) >= 11 is 0. The normalized spacial score (nSPS) is 21.1. The van der Waals surface area contributed by atoms with E-state index in [0.717, 1.165) is 57.1 Å². The van der Waals surface area contributed by atoms with Crippen molar-refractivity contribution in [2.75, 3.05) is 39.3 Å². The average Bonchev–Trinajstić information content (AvgIpc) is 3.18. The molecule has 1 fully saturated rings. The van der Waals surface area contributed by atoms with E-state index in [4.69, 9.17) is 0 Å². The first-order chi connectivity index (χ1) is 12.8. The zero-order valence-electron chi connectivity index (χ0n) is 14.9. The third kappa shape index (κ3) is 3.71. The molecular formula is C20H25N5O. The van der Waals surface area contributed by atoms with E-state index in [9.17, 15) is 4.79 Å². The zero-order chi connectivity index (χ0) is 17.8. The lowest BCUT2D eigenvalue weighted by Crippen LogP contribution is -2.52. The molecule has 1 aromatic heterocycles. The molecule has 0 spiro atoms. The smallest absolute Gasteiger partial charge is 0.246 e. The van der Waals surface area contributed by atoms with E-state index < -0.39 is 0 Å². The largest absolute Gasteiger partial charge is 0.348 e. The number of hydrogen-bond acceptors (Lipinski definition) is 4. The highest BCUT2D eigenvalue weighted by Gasteiger charge is 2.32. The number of benzene rings is 1. The van der Waals surface area contributed by atoms with Crippen LogP contribution in [0.5, 0.6) is 0 Å². The van der Waals surface area contributed by atoms with Gasteiger partial charge < -0.3 is 15.2 Å². The predicted octanol–water partition coefficient (Wildman–Crippen LogP) is 1.45. The summed E-state index contributed by atoms with van der Waals surface area (Å²) in [4.78, 5) is 24.8. The molecule has 1 aromatic carbocycles. The van der Waals surface area contributed by atoms with E-state index in [1.54, 1.807) is 6.33 Å². The van der Waals surface area contributed by atoms with Crippen LogP contribution in [0.4, 0.5) is 0 Å². The van der Waals surface area contributed by atoms with Gasteiger partial charge in [-0.05, 0) is 5.56 Å². The number of fused-ring (bicyclic) bond motifs is 1. The Kier molecular flexibility index (Phi) is 5.13. The van der Waals surface area contributed by atoms with Crippen molar-refractivity contribution in [3.05, 3.63) is 59.7 Å². The first kappa shape index (κ1) is 17.0. The summed E-state index contributed by atoms with van der Waals surface area (Å²) in [6.07, 6.45) is 6.95. The number of amides is 1. The number of nitrogens with one attached hydrogen (secondary N) is 2. The van der Waals surface area contributed by atoms with Crippen LogP contribution in [0.2, 0.25) is 0 Å². The lowest BCUT2D eigenvalue weighted by Gasteiger charge is -2.36. The van der Waals surface area contributed by atoms with Gasteiger partial charge in [0.15, 0.2) is 0 Å². The van der Waals surface area contributed by atoms with E-state index in [1.807, 2.05) is 23.1 Å². The number of imidazole rings is 1. The van der Waals surface area contributed by atoms with Crippen LogP contribution in [-0.2, 0) is 11.2 Å². The Morgan fingerprint density at radius 2 is 2.00 bits per heavy atom. The highest BCUT2D eigenvalue weighted by atomic mass is 16.2. The molecule has 4 rings (SSSR count). The van der Waals surface area contributed by atoms with Crippen molar-refractivity contribution in [1.82, 2.24) is 25.1 Å². The van der Waals surface area contributed by atoms with E-state index >= 15 is 0 Å². The van der Waals surface area contributed by atoms with Crippen LogP contribution >= 0.6 is 0 Å². The summed E-state index contributed by atoms with van der Waals surface area (Å²) < 4.78 is 0. The average molecular weight is 351 g/mol. The van der Waals surface area contributed by atoms with Gasteiger partial charge >= 0.3 is 0 Å². The molecular weight excluding hydrogens is 326 g/mol. The van der Waals surface area contributed by atoms with Gasteiger partial charge in [-0.2, -0.15) is 0 Å². The molecule has 6 nitrogen and oxygen atoms in total. The summed E-state index contributed by atoms with van der Waals surface area (Å²) in [5, 5.41) is 3.32. The monoisotopic (exact) mass is 351 g/mol. The molecule has 0 unspecified atom stereocenters. The summed E-state index contributed by atoms with van der Waals surface area (Å²) in [5.41, 5.74) is 3.18. The molecule has 0 aliphatic carbocycles. The molecule has 1 amide bonds. The third-order valence-corrected chi connectivity index (χ3v) is 5.15. The van der Waals surface area contributed by atoms with E-state index in [0.29, 0.717) is 0 Å². The summed E-state index contributed by atoms with van der Waals surface area (Å²) in [5.74, 6) is 0.150. The standard InChI is InChI=1S/C20H25N5O/c26-20(19-18-17(8-9-21-19)22-15-23-18)25-13-11-24(12-14-25)10-4-7-16-5-2-1-3-6-16/h1-7,15,19,21H,8-14H2,(H,22,23)/b7-4+/t19-/m1/s1. The SMILES string of the molecule is O=C([C@@H]1NCCc2[nH]cnc21)N1CCN(C/C=C/c2ccccc2)CC1. The minimum atomic E-state index is -0.297. The van der Waals surface area contributed by atoms with Crippen LogP contribution in [0.25, 0.3) is 6.08 Å². The summed E-state index contributed by atoms with van der Waals surface area (Å²) in [6.45, 7) is 5.10. The molecule has 0 radical (unpaired) electrons. The fourth-order valence-corrected chi connectivity index (χ4v) is 3.66. The van der Waals surface area contributed by atoms with Gasteiger partial charge in [-0.1, -0.05) is 42.5 Å². The van der Waals surface area contributed by atoms with Crippen LogP contribution in [0.3, 0.4) is 0 Å². The van der Waals surface area contributed by atoms with Crippen LogP contribution in [0.1, 0.15) is 23.0 Å². The maximum absolute atomic E-state index is 12.9. The Morgan fingerprint density at radius 3 is 2.81 bits per heavy atom. The van der Waals surface area contributed by atoms with Gasteiger partial charge in [0.1, 0.15) is 6.04 Å². The van der Waals surface area contributed by atoms with Crippen molar-refractivity contribution < 1.29 is 4.79 Å². The van der Waals surface area contributed by atoms with Crippen LogP contribution in [0, 0.1) is 0 Å². The Labute approximate surface area is 153 Å². The van der Waals surface area contributed by atoms with Gasteiger partial charge in [-0.15, -0.1) is 0 Å². The van der Waals surface area contributed by atoms with Gasteiger partial charge in [0, 0.05) is 51.4 Å². The molecule has 1 saturated heterocycles. The maximum Gasteiger partial charge on any atom is 0.246 e. The van der Waals surface area contributed by atoms with E-state index in [1.165, 1.54) is 5.56 Å². The second-order valence-electron chi connectivity index (χ2n) is 6.84. The second-order valence-corrected chi connectivity index (χ2v) is 6.84. The first-order valence-corrected chi connectivity index (χ1v) is 9.29. The molecule has 6 heteroatoms. The van der Waals surface area contributed by atoms with Crippen molar-refractivity contribution in [1.29, 1.82) is 0 Å². The summed E-state index contributed by atoms with van der Waals surface area (Å²) in [7, 11) is 0. The lowest BCUT2D eigenvalue weighted by atomic mass is 10.0. The minimum Gasteiger partial charge on any atom is -0.348 e. The van der Waals surface area contributed by atoms with Gasteiger partial charge in [0.05, 0.1) is 12.0 Å². The van der Waals surface area contributed by atoms with Gasteiger partial charge in [-0.3, -0.25) is 9.69 Å². The molecule has 0 saturated carbocycles. The topological polar surface area (TPSA) is 64.3 Å². The highest BCUT2D eigenvalue weighted by molar-refractivity contribution is 5.83. The second kappa shape index (κ2) is 7.85. The van der Waals surface area contributed by atoms with Crippen molar-refractivity contribution in [3.63, 3.8) is 0 Å². The molecule has 2 aliphatic rings. The first-order valence-electron chi connectivity index (χ1n) is 9.29. The number of H-pyrrole nitrogens is 1. The number of aromatic nitrogens is 2. The highest BCUT2D eigenvalue weighted by Crippen LogP contribution is 2.22. The molecule has 26 heavy (non-hydrogen) atoms. The Hall–Kier alpha value is -2.44. The Bertz CT molecular complexity index is 762. The molecule has 2 aliphatic heterocycles. The number of aromatic amines is 1. The molecule has 2 aromatic rings. The third-order valence-electron chi connectivity index (χ3n) is 5.15. The molecule has 3 heterocycles. The van der Waals surface area contributed by atoms with E-state index in [2.05, 4.69) is 44.5 Å². The van der Waals surface area contributed by atoms with Crippen molar-refractivity contribution in [2.24, 2.45) is 0 Å². The van der Waals surface area contributed by atoms with Crippen LogP contribution < -0.4 is 5.32 Å². The van der Waals surface area contributed by atoms with Gasteiger partial charge in [-0.25, -0.2) is 4.98 Å². The number of carbonyl (C=O) groups is 1. The number of carbonyl (C=O) groups excluding carboxylic acids is 1. The maximum atomic E-state index is 12.9. The minimum absolute atomic E-state index is 0.150. The predicted molar refractivity (Wildman–Crippen MR) is 102 cm³/mol.